The number of rotatable bonds is 3. The van der Waals surface area contributed by atoms with Crippen LogP contribution in [0.15, 0.2) is 22.7 Å². The Hall–Kier alpha value is -0.540. The number of halogens is 2. The first-order valence-electron chi connectivity index (χ1n) is 4.27. The van der Waals surface area contributed by atoms with Crippen LogP contribution in [0.1, 0.15) is 23.7 Å². The lowest BCUT2D eigenvalue weighted by atomic mass is 10.2. The molecular formula is C10H10BrClO2. The van der Waals surface area contributed by atoms with Crippen molar-refractivity contribution in [2.24, 2.45) is 0 Å². The Bertz CT molecular complexity index is 339. The molecule has 4 heteroatoms. The smallest absolute Gasteiger partial charge is 0.339 e. The monoisotopic (exact) mass is 276 g/mol. The Morgan fingerprint density at radius 1 is 1.57 bits per heavy atom. The van der Waals surface area contributed by atoms with Gasteiger partial charge in [-0.2, -0.15) is 0 Å². The lowest BCUT2D eigenvalue weighted by molar-refractivity contribution is 0.0504. The molecule has 0 aliphatic rings. The van der Waals surface area contributed by atoms with Crippen molar-refractivity contribution in [3.05, 3.63) is 33.3 Å². The number of hydrogen-bond donors (Lipinski definition) is 0. The van der Waals surface area contributed by atoms with E-state index in [1.54, 1.807) is 18.2 Å². The first kappa shape index (κ1) is 11.5. The molecule has 0 unspecified atom stereocenters. The number of carbonyl (C=O) groups excluding carboxylic acids is 1. The van der Waals surface area contributed by atoms with Crippen LogP contribution in [0.3, 0.4) is 0 Å². The molecule has 1 aromatic rings. The zero-order chi connectivity index (χ0) is 10.6. The van der Waals surface area contributed by atoms with E-state index in [4.69, 9.17) is 16.3 Å². The molecule has 0 aliphatic heterocycles. The van der Waals surface area contributed by atoms with E-state index in [-0.39, 0.29) is 5.97 Å². The molecule has 0 fully saturated rings. The van der Waals surface area contributed by atoms with Crippen LogP contribution in [0.25, 0.3) is 0 Å². The summed E-state index contributed by atoms with van der Waals surface area (Å²) in [5, 5.41) is 0.587. The minimum absolute atomic E-state index is 0.324. The quantitative estimate of drug-likeness (QED) is 0.788. The lowest BCUT2D eigenvalue weighted by Crippen LogP contribution is -2.06. The van der Waals surface area contributed by atoms with E-state index in [0.29, 0.717) is 21.7 Å². The number of benzene rings is 1. The summed E-state index contributed by atoms with van der Waals surface area (Å²) < 4.78 is 5.64. The number of hydrogen-bond acceptors (Lipinski definition) is 2. The summed E-state index contributed by atoms with van der Waals surface area (Å²) in [5.74, 6) is -0.324. The molecule has 0 saturated carbocycles. The molecule has 0 N–H and O–H groups in total. The highest BCUT2D eigenvalue weighted by Gasteiger charge is 2.10. The van der Waals surface area contributed by atoms with Crippen molar-refractivity contribution in [2.45, 2.75) is 13.3 Å². The van der Waals surface area contributed by atoms with E-state index in [2.05, 4.69) is 15.9 Å². The summed E-state index contributed by atoms with van der Waals surface area (Å²) in [6, 6.07) is 4.98. The van der Waals surface area contributed by atoms with Crippen molar-refractivity contribution < 1.29 is 9.53 Å². The van der Waals surface area contributed by atoms with Crippen molar-refractivity contribution in [3.63, 3.8) is 0 Å². The molecule has 1 rings (SSSR count). The van der Waals surface area contributed by atoms with Gasteiger partial charge in [0.05, 0.1) is 12.2 Å². The number of esters is 1. The van der Waals surface area contributed by atoms with Gasteiger partial charge in [0.1, 0.15) is 0 Å². The predicted octanol–water partition coefficient (Wildman–Crippen LogP) is 3.67. The fourth-order valence-electron chi connectivity index (χ4n) is 0.928. The summed E-state index contributed by atoms with van der Waals surface area (Å²) in [6.07, 6.45) is 0.816. The largest absolute Gasteiger partial charge is 0.462 e. The molecule has 0 radical (unpaired) electrons. The van der Waals surface area contributed by atoms with Gasteiger partial charge in [0.15, 0.2) is 0 Å². The molecule has 0 bridgehead atoms. The zero-order valence-electron chi connectivity index (χ0n) is 7.72. The second kappa shape index (κ2) is 5.37. The average molecular weight is 278 g/mol. The van der Waals surface area contributed by atoms with Gasteiger partial charge >= 0.3 is 5.97 Å². The first-order chi connectivity index (χ1) is 6.65. The normalized spacial score (nSPS) is 9.93. The minimum atomic E-state index is -0.324. The predicted molar refractivity (Wildman–Crippen MR) is 59.7 cm³/mol. The lowest BCUT2D eigenvalue weighted by Gasteiger charge is -2.04. The summed E-state index contributed by atoms with van der Waals surface area (Å²) in [5.41, 5.74) is 0.503. The van der Waals surface area contributed by atoms with Gasteiger partial charge in [0, 0.05) is 9.50 Å². The third kappa shape index (κ3) is 3.00. The fourth-order valence-corrected chi connectivity index (χ4v) is 1.77. The van der Waals surface area contributed by atoms with Crippen LogP contribution >= 0.6 is 27.5 Å². The molecule has 0 heterocycles. The van der Waals surface area contributed by atoms with Crippen LogP contribution in [0, 0.1) is 0 Å². The first-order valence-corrected chi connectivity index (χ1v) is 5.44. The molecule has 0 amide bonds. The number of ether oxygens (including phenoxy) is 1. The zero-order valence-corrected chi connectivity index (χ0v) is 10.1. The molecule has 0 atom stereocenters. The van der Waals surface area contributed by atoms with E-state index in [1.165, 1.54) is 0 Å². The van der Waals surface area contributed by atoms with Crippen molar-refractivity contribution in [1.29, 1.82) is 0 Å². The van der Waals surface area contributed by atoms with Crippen LogP contribution < -0.4 is 0 Å². The highest BCUT2D eigenvalue weighted by atomic mass is 79.9. The molecule has 0 aromatic heterocycles. The second-order valence-corrected chi connectivity index (χ2v) is 4.05. The number of carbonyl (C=O) groups is 1. The van der Waals surface area contributed by atoms with Gasteiger partial charge in [0.25, 0.3) is 0 Å². The Labute approximate surface area is 96.3 Å². The molecule has 0 spiro atoms. The highest BCUT2D eigenvalue weighted by molar-refractivity contribution is 9.10. The topological polar surface area (TPSA) is 26.3 Å². The SMILES string of the molecule is CCCOC(=O)c1ccc(Cl)cc1Br. The Morgan fingerprint density at radius 2 is 2.29 bits per heavy atom. The van der Waals surface area contributed by atoms with Gasteiger partial charge in [-0.25, -0.2) is 4.79 Å². The maximum Gasteiger partial charge on any atom is 0.339 e. The van der Waals surface area contributed by atoms with Gasteiger partial charge in [0.2, 0.25) is 0 Å². The summed E-state index contributed by atoms with van der Waals surface area (Å²) >= 11 is 9.00. The average Bonchev–Trinajstić information content (AvgIpc) is 2.14. The molecule has 1 aromatic carbocycles. The van der Waals surface area contributed by atoms with Crippen LogP contribution in [0.4, 0.5) is 0 Å². The molecule has 76 valence electrons. The van der Waals surface area contributed by atoms with E-state index in [0.717, 1.165) is 6.42 Å². The highest BCUT2D eigenvalue weighted by Crippen LogP contribution is 2.22. The van der Waals surface area contributed by atoms with E-state index >= 15 is 0 Å². The van der Waals surface area contributed by atoms with Crippen molar-refractivity contribution in [2.75, 3.05) is 6.61 Å². The third-order valence-electron chi connectivity index (χ3n) is 1.59. The molecule has 0 saturated heterocycles. The van der Waals surface area contributed by atoms with Crippen molar-refractivity contribution >= 4 is 33.5 Å². The summed E-state index contributed by atoms with van der Waals surface area (Å²) in [4.78, 5) is 11.4. The maximum atomic E-state index is 11.4. The second-order valence-electron chi connectivity index (χ2n) is 2.76. The Balaban J connectivity index is 2.80. The molecular weight excluding hydrogens is 267 g/mol. The minimum Gasteiger partial charge on any atom is -0.462 e. The third-order valence-corrected chi connectivity index (χ3v) is 2.48. The Kier molecular flexibility index (Phi) is 4.42. The van der Waals surface area contributed by atoms with Crippen molar-refractivity contribution in [3.8, 4) is 0 Å². The van der Waals surface area contributed by atoms with Gasteiger partial charge in [-0.15, -0.1) is 0 Å². The Morgan fingerprint density at radius 3 is 2.86 bits per heavy atom. The van der Waals surface area contributed by atoms with Crippen LogP contribution in [0.2, 0.25) is 5.02 Å². The van der Waals surface area contributed by atoms with Gasteiger partial charge in [-0.1, -0.05) is 18.5 Å². The molecule has 2 nitrogen and oxygen atoms in total. The summed E-state index contributed by atoms with van der Waals surface area (Å²) in [6.45, 7) is 2.39. The van der Waals surface area contributed by atoms with Crippen LogP contribution in [-0.2, 0) is 4.74 Å². The van der Waals surface area contributed by atoms with Crippen LogP contribution in [-0.4, -0.2) is 12.6 Å². The van der Waals surface area contributed by atoms with Gasteiger partial charge in [-0.05, 0) is 40.5 Å². The van der Waals surface area contributed by atoms with Crippen LogP contribution in [0.5, 0.6) is 0 Å². The molecule has 14 heavy (non-hydrogen) atoms. The van der Waals surface area contributed by atoms with E-state index < -0.39 is 0 Å². The van der Waals surface area contributed by atoms with Gasteiger partial charge in [-0.3, -0.25) is 0 Å². The summed E-state index contributed by atoms with van der Waals surface area (Å²) in [7, 11) is 0. The fraction of sp³-hybridized carbons (Fsp3) is 0.300. The van der Waals surface area contributed by atoms with Gasteiger partial charge < -0.3 is 4.74 Å². The maximum absolute atomic E-state index is 11.4. The van der Waals surface area contributed by atoms with E-state index in [1.807, 2.05) is 6.92 Å². The van der Waals surface area contributed by atoms with E-state index in [9.17, 15) is 4.79 Å². The molecule has 0 aliphatic carbocycles. The standard InChI is InChI=1S/C10H10BrClO2/c1-2-5-14-10(13)8-4-3-7(12)6-9(8)11/h3-4,6H,2,5H2,1H3. The van der Waals surface area contributed by atoms with Crippen molar-refractivity contribution in [1.82, 2.24) is 0 Å².